The molecule has 0 aromatic heterocycles. The van der Waals surface area contributed by atoms with Crippen molar-refractivity contribution in [2.45, 2.75) is 44.6 Å². The number of amides is 1. The molecule has 2 aromatic carbocycles. The van der Waals surface area contributed by atoms with Gasteiger partial charge in [-0.2, -0.15) is 0 Å². The van der Waals surface area contributed by atoms with E-state index in [1.165, 1.54) is 28.8 Å². The highest BCUT2D eigenvalue weighted by Crippen LogP contribution is 2.34. The van der Waals surface area contributed by atoms with Crippen molar-refractivity contribution in [1.82, 2.24) is 4.90 Å². The number of sulfone groups is 1. The third-order valence-corrected chi connectivity index (χ3v) is 7.02. The van der Waals surface area contributed by atoms with Crippen LogP contribution in [0.25, 0.3) is 0 Å². The first-order chi connectivity index (χ1) is 12.3. The number of carbonyl (C=O) groups excluding carboxylic acids is 1. The summed E-state index contributed by atoms with van der Waals surface area (Å²) in [6.07, 6.45) is 1.93. The van der Waals surface area contributed by atoms with Gasteiger partial charge in [0.2, 0.25) is 0 Å². The molecule has 5 heteroatoms. The first-order valence-electron chi connectivity index (χ1n) is 9.04. The van der Waals surface area contributed by atoms with Crippen LogP contribution in [0.5, 0.6) is 0 Å². The maximum absolute atomic E-state index is 13.0. The lowest BCUT2D eigenvalue weighted by molar-refractivity contribution is 0.0735. The van der Waals surface area contributed by atoms with Crippen molar-refractivity contribution in [2.24, 2.45) is 0 Å². The second-order valence-electron chi connectivity index (χ2n) is 6.93. The van der Waals surface area contributed by atoms with Crippen molar-refractivity contribution in [3.8, 4) is 0 Å². The van der Waals surface area contributed by atoms with E-state index in [-0.39, 0.29) is 22.6 Å². The van der Waals surface area contributed by atoms with Crippen LogP contribution in [-0.2, 0) is 9.84 Å². The van der Waals surface area contributed by atoms with Crippen LogP contribution in [0.1, 0.15) is 52.9 Å². The largest absolute Gasteiger partial charge is 0.332 e. The maximum Gasteiger partial charge on any atom is 0.254 e. The quantitative estimate of drug-likeness (QED) is 0.814. The standard InChI is InChI=1S/C21H25NO3S/c1-4-26(24,25)19-11-9-17(10-12-19)21(23)22-13-5-6-20(22)18-8-7-15(2)16(3)14-18/h7-12,14,20H,4-6,13H2,1-3H3. The number of rotatable bonds is 4. The number of nitrogens with zero attached hydrogens (tertiary/aromatic N) is 1. The van der Waals surface area contributed by atoms with Crippen LogP contribution in [-0.4, -0.2) is 31.5 Å². The van der Waals surface area contributed by atoms with Gasteiger partial charge in [-0.1, -0.05) is 25.1 Å². The highest BCUT2D eigenvalue weighted by atomic mass is 32.2. The van der Waals surface area contributed by atoms with Gasteiger partial charge in [-0.25, -0.2) is 8.42 Å². The van der Waals surface area contributed by atoms with E-state index in [0.29, 0.717) is 5.56 Å². The van der Waals surface area contributed by atoms with Crippen LogP contribution in [0.2, 0.25) is 0 Å². The molecule has 26 heavy (non-hydrogen) atoms. The highest BCUT2D eigenvalue weighted by Gasteiger charge is 2.30. The van der Waals surface area contributed by atoms with Gasteiger partial charge in [-0.15, -0.1) is 0 Å². The van der Waals surface area contributed by atoms with Crippen LogP contribution < -0.4 is 0 Å². The lowest BCUT2D eigenvalue weighted by Gasteiger charge is -2.26. The number of likely N-dealkylation sites (tertiary alicyclic amines) is 1. The Hall–Kier alpha value is -2.14. The third-order valence-electron chi connectivity index (χ3n) is 5.27. The Morgan fingerprint density at radius 3 is 2.38 bits per heavy atom. The minimum absolute atomic E-state index is 0.0359. The number of aryl methyl sites for hydroxylation is 2. The van der Waals surface area contributed by atoms with E-state index >= 15 is 0 Å². The molecular formula is C21H25NO3S. The summed E-state index contributed by atoms with van der Waals surface area (Å²) < 4.78 is 23.9. The number of hydrogen-bond acceptors (Lipinski definition) is 3. The molecule has 1 saturated heterocycles. The molecule has 1 heterocycles. The molecule has 0 N–H and O–H groups in total. The SMILES string of the molecule is CCS(=O)(=O)c1ccc(C(=O)N2CCCC2c2ccc(C)c(C)c2)cc1. The Kier molecular flexibility index (Phi) is 5.19. The predicted octanol–water partition coefficient (Wildman–Crippen LogP) is 4.07. The Bertz CT molecular complexity index is 917. The molecule has 0 spiro atoms. The molecule has 4 nitrogen and oxygen atoms in total. The van der Waals surface area contributed by atoms with Crippen molar-refractivity contribution >= 4 is 15.7 Å². The Labute approximate surface area is 155 Å². The fourth-order valence-corrected chi connectivity index (χ4v) is 4.35. The number of hydrogen-bond donors (Lipinski definition) is 0. The molecule has 1 amide bonds. The summed E-state index contributed by atoms with van der Waals surface area (Å²) in [5.41, 5.74) is 4.19. The van der Waals surface area contributed by atoms with Crippen molar-refractivity contribution in [3.05, 3.63) is 64.7 Å². The fourth-order valence-electron chi connectivity index (χ4n) is 3.47. The molecule has 1 aliphatic heterocycles. The summed E-state index contributed by atoms with van der Waals surface area (Å²) in [6.45, 7) is 6.52. The Morgan fingerprint density at radius 2 is 1.77 bits per heavy atom. The van der Waals surface area contributed by atoms with E-state index in [2.05, 4.69) is 32.0 Å². The summed E-state index contributed by atoms with van der Waals surface area (Å²) in [5.74, 6) is 0.0209. The molecule has 1 aliphatic rings. The third kappa shape index (κ3) is 3.54. The summed E-state index contributed by atoms with van der Waals surface area (Å²) in [5, 5.41) is 0. The van der Waals surface area contributed by atoms with Crippen LogP contribution >= 0.6 is 0 Å². The van der Waals surface area contributed by atoms with Crippen molar-refractivity contribution < 1.29 is 13.2 Å². The van der Waals surface area contributed by atoms with Gasteiger partial charge in [0.1, 0.15) is 0 Å². The molecule has 1 atom stereocenters. The molecule has 0 radical (unpaired) electrons. The Morgan fingerprint density at radius 1 is 1.08 bits per heavy atom. The zero-order chi connectivity index (χ0) is 18.9. The van der Waals surface area contributed by atoms with E-state index < -0.39 is 9.84 Å². The normalized spacial score (nSPS) is 17.5. The maximum atomic E-state index is 13.0. The zero-order valence-corrected chi connectivity index (χ0v) is 16.3. The average Bonchev–Trinajstić information content (AvgIpc) is 3.13. The second kappa shape index (κ2) is 7.23. The average molecular weight is 372 g/mol. The smallest absolute Gasteiger partial charge is 0.254 e. The first-order valence-corrected chi connectivity index (χ1v) is 10.7. The topological polar surface area (TPSA) is 54.5 Å². The van der Waals surface area contributed by atoms with Crippen LogP contribution in [0, 0.1) is 13.8 Å². The Balaban J connectivity index is 1.85. The molecule has 0 bridgehead atoms. The van der Waals surface area contributed by atoms with E-state index in [0.717, 1.165) is 19.4 Å². The number of benzene rings is 2. The summed E-state index contributed by atoms with van der Waals surface area (Å²) >= 11 is 0. The van der Waals surface area contributed by atoms with Gasteiger partial charge in [-0.05, 0) is 67.6 Å². The minimum Gasteiger partial charge on any atom is -0.332 e. The van der Waals surface area contributed by atoms with Gasteiger partial charge in [0.25, 0.3) is 5.91 Å². The van der Waals surface area contributed by atoms with Gasteiger partial charge in [0, 0.05) is 12.1 Å². The van der Waals surface area contributed by atoms with Crippen molar-refractivity contribution in [2.75, 3.05) is 12.3 Å². The van der Waals surface area contributed by atoms with Gasteiger partial charge >= 0.3 is 0 Å². The molecule has 0 saturated carbocycles. The lowest BCUT2D eigenvalue weighted by Crippen LogP contribution is -2.30. The molecular weight excluding hydrogens is 346 g/mol. The van der Waals surface area contributed by atoms with Crippen molar-refractivity contribution in [1.29, 1.82) is 0 Å². The van der Waals surface area contributed by atoms with Crippen LogP contribution in [0.3, 0.4) is 0 Å². The van der Waals surface area contributed by atoms with E-state index in [1.807, 2.05) is 4.90 Å². The monoisotopic (exact) mass is 371 g/mol. The highest BCUT2D eigenvalue weighted by molar-refractivity contribution is 7.91. The van der Waals surface area contributed by atoms with E-state index in [9.17, 15) is 13.2 Å². The van der Waals surface area contributed by atoms with Gasteiger partial charge in [0.05, 0.1) is 16.7 Å². The van der Waals surface area contributed by atoms with E-state index in [1.54, 1.807) is 19.1 Å². The molecule has 138 valence electrons. The number of carbonyl (C=O) groups is 1. The summed E-state index contributed by atoms with van der Waals surface area (Å²) in [6, 6.07) is 12.8. The summed E-state index contributed by atoms with van der Waals surface area (Å²) in [4.78, 5) is 15.2. The van der Waals surface area contributed by atoms with E-state index in [4.69, 9.17) is 0 Å². The second-order valence-corrected chi connectivity index (χ2v) is 9.21. The van der Waals surface area contributed by atoms with Crippen molar-refractivity contribution in [3.63, 3.8) is 0 Å². The van der Waals surface area contributed by atoms with Crippen LogP contribution in [0.15, 0.2) is 47.4 Å². The summed E-state index contributed by atoms with van der Waals surface area (Å²) in [7, 11) is -3.25. The molecule has 1 unspecified atom stereocenters. The molecule has 2 aromatic rings. The first kappa shape index (κ1) is 18.6. The molecule has 3 rings (SSSR count). The van der Waals surface area contributed by atoms with Crippen LogP contribution in [0.4, 0.5) is 0 Å². The lowest BCUT2D eigenvalue weighted by atomic mass is 9.99. The zero-order valence-electron chi connectivity index (χ0n) is 15.5. The van der Waals surface area contributed by atoms with Gasteiger partial charge < -0.3 is 4.90 Å². The van der Waals surface area contributed by atoms with Gasteiger partial charge in [-0.3, -0.25) is 4.79 Å². The van der Waals surface area contributed by atoms with Gasteiger partial charge in [0.15, 0.2) is 9.84 Å². The molecule has 0 aliphatic carbocycles. The minimum atomic E-state index is -3.25. The molecule has 1 fully saturated rings. The predicted molar refractivity (Wildman–Crippen MR) is 103 cm³/mol. The fraction of sp³-hybridized carbons (Fsp3) is 0.381.